The molecule has 136 valence electrons. The maximum absolute atomic E-state index is 12.1. The third kappa shape index (κ3) is 5.54. The fraction of sp³-hybridized carbons (Fsp3) is 0. The van der Waals surface area contributed by atoms with E-state index in [1.165, 1.54) is 42.5 Å². The van der Waals surface area contributed by atoms with Gasteiger partial charge in [-0.1, -0.05) is 30.3 Å². The van der Waals surface area contributed by atoms with Crippen LogP contribution in [0, 0.1) is 0 Å². The van der Waals surface area contributed by atoms with Crippen molar-refractivity contribution in [3.63, 3.8) is 0 Å². The summed E-state index contributed by atoms with van der Waals surface area (Å²) in [6.07, 6.45) is 0. The molecule has 3 N–H and O–H groups in total. The Balaban J connectivity index is 0.000000244. The highest BCUT2D eigenvalue weighted by atomic mass is 16.4. The second kappa shape index (κ2) is 8.96. The summed E-state index contributed by atoms with van der Waals surface area (Å²) in [5, 5.41) is 26.4. The van der Waals surface area contributed by atoms with Gasteiger partial charge in [-0.2, -0.15) is 0 Å². The molecule has 0 fully saturated rings. The molecule has 6 nitrogen and oxygen atoms in total. The highest BCUT2D eigenvalue weighted by Crippen LogP contribution is 2.15. The number of phenolic OH excluding ortho intramolecular Hbond substituents is 1. The van der Waals surface area contributed by atoms with Crippen molar-refractivity contribution in [3.8, 4) is 5.75 Å². The van der Waals surface area contributed by atoms with Crippen molar-refractivity contribution in [2.45, 2.75) is 0 Å². The predicted octanol–water partition coefficient (Wildman–Crippen LogP) is 3.71. The topological polar surface area (TPSA) is 112 Å². The van der Waals surface area contributed by atoms with E-state index in [2.05, 4.69) is 0 Å². The van der Waals surface area contributed by atoms with Crippen LogP contribution in [-0.2, 0) is 0 Å². The van der Waals surface area contributed by atoms with Crippen molar-refractivity contribution in [2.75, 3.05) is 0 Å². The molecular weight excluding hydrogens is 348 g/mol. The fourth-order valence-electron chi connectivity index (χ4n) is 2.15. The Bertz CT molecular complexity index is 946. The zero-order chi connectivity index (χ0) is 19.8. The molecule has 0 aliphatic rings. The number of aromatic carboxylic acids is 2. The fourth-order valence-corrected chi connectivity index (χ4v) is 2.15. The Labute approximate surface area is 155 Å². The molecule has 0 atom stereocenters. The van der Waals surface area contributed by atoms with Gasteiger partial charge in [-0.15, -0.1) is 0 Å². The summed E-state index contributed by atoms with van der Waals surface area (Å²) in [5.74, 6) is -2.16. The summed E-state index contributed by atoms with van der Waals surface area (Å²) in [6.45, 7) is 0. The molecule has 0 spiro atoms. The predicted molar refractivity (Wildman–Crippen MR) is 98.3 cm³/mol. The number of ketones is 1. The number of carbonyl (C=O) groups is 3. The second-order valence-electron chi connectivity index (χ2n) is 5.43. The van der Waals surface area contributed by atoms with E-state index in [1.807, 2.05) is 0 Å². The van der Waals surface area contributed by atoms with Gasteiger partial charge in [0, 0.05) is 11.1 Å². The van der Waals surface area contributed by atoms with Gasteiger partial charge in [0.1, 0.15) is 5.75 Å². The summed E-state index contributed by atoms with van der Waals surface area (Å²) in [6, 6.07) is 19.9. The van der Waals surface area contributed by atoms with E-state index in [4.69, 9.17) is 15.3 Å². The van der Waals surface area contributed by atoms with Crippen LogP contribution in [0.5, 0.6) is 5.75 Å². The maximum atomic E-state index is 12.1. The molecule has 27 heavy (non-hydrogen) atoms. The Morgan fingerprint density at radius 2 is 1.07 bits per heavy atom. The molecule has 0 saturated heterocycles. The summed E-state index contributed by atoms with van der Waals surface area (Å²) in [5.41, 5.74) is 1.10. The third-order valence-corrected chi connectivity index (χ3v) is 3.52. The molecule has 3 aromatic rings. The lowest BCUT2D eigenvalue weighted by atomic mass is 10.0. The monoisotopic (exact) mass is 364 g/mol. The number of benzene rings is 3. The number of hydrogen-bond acceptors (Lipinski definition) is 4. The van der Waals surface area contributed by atoms with E-state index in [0.717, 1.165) is 0 Å². The molecule has 0 aliphatic carbocycles. The Hall–Kier alpha value is -3.93. The molecule has 0 unspecified atom stereocenters. The zero-order valence-electron chi connectivity index (χ0n) is 14.1. The molecule has 0 radical (unpaired) electrons. The summed E-state index contributed by atoms with van der Waals surface area (Å²) in [4.78, 5) is 33.1. The van der Waals surface area contributed by atoms with Crippen LogP contribution >= 0.6 is 0 Å². The second-order valence-corrected chi connectivity index (χ2v) is 5.43. The van der Waals surface area contributed by atoms with Crippen LogP contribution < -0.4 is 0 Å². The Kier molecular flexibility index (Phi) is 6.44. The minimum Gasteiger partial charge on any atom is -0.508 e. The van der Waals surface area contributed by atoms with Crippen molar-refractivity contribution < 1.29 is 29.7 Å². The van der Waals surface area contributed by atoms with E-state index in [9.17, 15) is 14.4 Å². The summed E-state index contributed by atoms with van der Waals surface area (Å²) >= 11 is 0. The molecule has 3 aromatic carbocycles. The third-order valence-electron chi connectivity index (χ3n) is 3.52. The Morgan fingerprint density at radius 3 is 1.59 bits per heavy atom. The van der Waals surface area contributed by atoms with Gasteiger partial charge in [-0.3, -0.25) is 4.79 Å². The number of carboxylic acid groups (broad SMARTS) is 2. The molecule has 6 heteroatoms. The van der Waals surface area contributed by atoms with Gasteiger partial charge >= 0.3 is 11.9 Å². The summed E-state index contributed by atoms with van der Waals surface area (Å²) < 4.78 is 0. The van der Waals surface area contributed by atoms with E-state index < -0.39 is 11.9 Å². The largest absolute Gasteiger partial charge is 0.508 e. The van der Waals surface area contributed by atoms with Crippen molar-refractivity contribution >= 4 is 17.7 Å². The van der Waals surface area contributed by atoms with Crippen molar-refractivity contribution in [1.82, 2.24) is 0 Å². The first kappa shape index (κ1) is 19.4. The van der Waals surface area contributed by atoms with Gasteiger partial charge in [0.2, 0.25) is 0 Å². The average Bonchev–Trinajstić information content (AvgIpc) is 2.69. The van der Waals surface area contributed by atoms with Gasteiger partial charge in [-0.25, -0.2) is 9.59 Å². The number of hydrogen-bond donors (Lipinski definition) is 3. The van der Waals surface area contributed by atoms with Crippen LogP contribution in [-0.4, -0.2) is 33.0 Å². The van der Waals surface area contributed by atoms with Gasteiger partial charge in [-0.05, 0) is 48.5 Å². The molecule has 0 bridgehead atoms. The van der Waals surface area contributed by atoms with Crippen LogP contribution in [0.4, 0.5) is 0 Å². The first-order valence-electron chi connectivity index (χ1n) is 7.84. The number of aromatic hydroxyl groups is 1. The van der Waals surface area contributed by atoms with Crippen LogP contribution in [0.2, 0.25) is 0 Å². The van der Waals surface area contributed by atoms with E-state index in [1.54, 1.807) is 36.4 Å². The first-order chi connectivity index (χ1) is 12.9. The number of carbonyl (C=O) groups excluding carboxylic acids is 1. The highest BCUT2D eigenvalue weighted by Gasteiger charge is 2.11. The van der Waals surface area contributed by atoms with Crippen molar-refractivity contribution in [2.24, 2.45) is 0 Å². The molecule has 0 amide bonds. The van der Waals surface area contributed by atoms with Crippen LogP contribution in [0.1, 0.15) is 36.6 Å². The van der Waals surface area contributed by atoms with Crippen LogP contribution in [0.25, 0.3) is 0 Å². The number of phenols is 1. The lowest BCUT2D eigenvalue weighted by Crippen LogP contribution is -2.04. The maximum Gasteiger partial charge on any atom is 0.335 e. The van der Waals surface area contributed by atoms with Crippen LogP contribution in [0.3, 0.4) is 0 Å². The molecule has 3 rings (SSSR count). The van der Waals surface area contributed by atoms with Gasteiger partial charge in [0.05, 0.1) is 11.1 Å². The van der Waals surface area contributed by atoms with Gasteiger partial charge in [0.15, 0.2) is 5.78 Å². The normalized spacial score (nSPS) is 9.63. The standard InChI is InChI=1S/C14H10O4.C7H6O2/c15-12-6-4-9(5-7-12)13(16)10-2-1-3-11(8-10)14(17)18;8-7(9)6-4-2-1-3-5-6/h1-8,15H,(H,17,18);1-5H,(H,8,9). The number of carboxylic acids is 2. The van der Waals surface area contributed by atoms with Gasteiger partial charge in [0.25, 0.3) is 0 Å². The van der Waals surface area contributed by atoms with Crippen LogP contribution in [0.15, 0.2) is 78.9 Å². The van der Waals surface area contributed by atoms with E-state index in [0.29, 0.717) is 16.7 Å². The average molecular weight is 364 g/mol. The SMILES string of the molecule is O=C(O)c1cccc(C(=O)c2ccc(O)cc2)c1.O=C(O)c1ccccc1. The molecule has 0 heterocycles. The lowest BCUT2D eigenvalue weighted by molar-refractivity contribution is 0.0686. The van der Waals surface area contributed by atoms with Crippen molar-refractivity contribution in [1.29, 1.82) is 0 Å². The zero-order valence-corrected chi connectivity index (χ0v) is 14.1. The quantitative estimate of drug-likeness (QED) is 0.609. The first-order valence-corrected chi connectivity index (χ1v) is 7.84. The van der Waals surface area contributed by atoms with E-state index >= 15 is 0 Å². The highest BCUT2D eigenvalue weighted by molar-refractivity contribution is 6.09. The molecule has 0 aromatic heterocycles. The van der Waals surface area contributed by atoms with Gasteiger partial charge < -0.3 is 15.3 Å². The van der Waals surface area contributed by atoms with E-state index in [-0.39, 0.29) is 17.1 Å². The molecule has 0 aliphatic heterocycles. The van der Waals surface area contributed by atoms with Crippen molar-refractivity contribution in [3.05, 3.63) is 101 Å². The number of rotatable bonds is 4. The Morgan fingerprint density at radius 1 is 0.556 bits per heavy atom. The smallest absolute Gasteiger partial charge is 0.335 e. The minimum atomic E-state index is -1.07. The molecular formula is C21H16O6. The molecule has 0 saturated carbocycles. The minimum absolute atomic E-state index is 0.0691. The summed E-state index contributed by atoms with van der Waals surface area (Å²) in [7, 11) is 0. The lowest BCUT2D eigenvalue weighted by Gasteiger charge is -2.02.